The molecular weight excluding hydrogens is 591 g/mol. The summed E-state index contributed by atoms with van der Waals surface area (Å²) < 4.78 is 57.0. The summed E-state index contributed by atoms with van der Waals surface area (Å²) in [6.45, 7) is 0.738. The molecule has 4 nitrogen and oxygen atoms in total. The first kappa shape index (κ1) is 28.7. The molecular formula is C32H24Cl2F4N2O2. The average molecular weight is 615 g/mol. The molecule has 1 N–H and O–H groups in total. The normalized spacial score (nSPS) is 20.2. The molecule has 0 saturated carbocycles. The molecule has 2 aliphatic heterocycles. The molecule has 4 aromatic rings. The van der Waals surface area contributed by atoms with Crippen molar-refractivity contribution < 1.29 is 27.5 Å². The highest BCUT2D eigenvalue weighted by Gasteiger charge is 2.62. The number of likely N-dealkylation sites (tertiary alicyclic amines) is 1. The molecule has 0 radical (unpaired) electrons. The molecule has 0 spiro atoms. The summed E-state index contributed by atoms with van der Waals surface area (Å²) in [6, 6.07) is 28.4. The van der Waals surface area contributed by atoms with Gasteiger partial charge in [-0.25, -0.2) is 4.39 Å². The number of aliphatic hydroxyl groups is 1. The number of nitrogens with zero attached hydrogens (tertiary/aromatic N) is 2. The number of β-amino-alcohol motifs (C(OH)–C–C–N with tert-alkyl or cyclic N) is 1. The van der Waals surface area contributed by atoms with Crippen molar-refractivity contribution in [3.63, 3.8) is 0 Å². The highest BCUT2D eigenvalue weighted by atomic mass is 35.5. The standard InChI is InChI=1S/C32H24Cl2F4N2O2/c33-25-15-24(16-26(34)28(25)35)31(32(36,37)38)17-27(39-42-31)20-11-13-23(14-12-20)30(41)18-40(19-30)29(21-7-3-1-4-8-21)22-9-5-2-6-10-22/h1-16,29,41H,17-19H2. The molecule has 216 valence electrons. The number of oxime groups is 1. The van der Waals surface area contributed by atoms with E-state index in [9.17, 15) is 22.7 Å². The molecule has 6 rings (SSSR count). The van der Waals surface area contributed by atoms with E-state index in [4.69, 9.17) is 28.0 Å². The van der Waals surface area contributed by atoms with Crippen LogP contribution in [0.1, 0.15) is 40.3 Å². The fraction of sp³-hybridized carbons (Fsp3) is 0.219. The van der Waals surface area contributed by atoms with E-state index in [1.807, 2.05) is 36.4 Å². The fourth-order valence-corrected chi connectivity index (χ4v) is 6.18. The maximum Gasteiger partial charge on any atom is 0.435 e. The topological polar surface area (TPSA) is 45.1 Å². The van der Waals surface area contributed by atoms with E-state index >= 15 is 0 Å². The number of alkyl halides is 3. The Labute approximate surface area is 249 Å². The van der Waals surface area contributed by atoms with E-state index in [0.717, 1.165) is 23.3 Å². The van der Waals surface area contributed by atoms with Crippen molar-refractivity contribution in [1.29, 1.82) is 0 Å². The summed E-state index contributed by atoms with van der Waals surface area (Å²) in [5.74, 6) is -1.01. The van der Waals surface area contributed by atoms with Crippen LogP contribution in [-0.2, 0) is 16.0 Å². The van der Waals surface area contributed by atoms with E-state index in [2.05, 4.69) is 34.3 Å². The first-order valence-corrected chi connectivity index (χ1v) is 13.9. The largest absolute Gasteiger partial charge is 0.435 e. The van der Waals surface area contributed by atoms with Crippen molar-refractivity contribution in [3.05, 3.63) is 141 Å². The van der Waals surface area contributed by atoms with Gasteiger partial charge in [-0.15, -0.1) is 0 Å². The van der Waals surface area contributed by atoms with Gasteiger partial charge in [-0.1, -0.05) is 113 Å². The molecule has 2 heterocycles. The van der Waals surface area contributed by atoms with Crippen LogP contribution in [-0.4, -0.2) is 35.0 Å². The Kier molecular flexibility index (Phi) is 7.30. The molecule has 1 atom stereocenters. The number of rotatable bonds is 6. The van der Waals surface area contributed by atoms with E-state index < -0.39 is 45.2 Å². The van der Waals surface area contributed by atoms with E-state index in [1.165, 1.54) is 0 Å². The molecule has 4 aromatic carbocycles. The zero-order valence-electron chi connectivity index (χ0n) is 22.0. The highest BCUT2D eigenvalue weighted by Crippen LogP contribution is 2.50. The summed E-state index contributed by atoms with van der Waals surface area (Å²) >= 11 is 11.6. The fourth-order valence-electron chi connectivity index (χ4n) is 5.70. The van der Waals surface area contributed by atoms with Gasteiger partial charge in [0.25, 0.3) is 5.60 Å². The molecule has 1 saturated heterocycles. The van der Waals surface area contributed by atoms with E-state index in [1.54, 1.807) is 24.3 Å². The number of benzene rings is 4. The molecule has 2 aliphatic rings. The average Bonchev–Trinajstić information content (AvgIpc) is 3.43. The van der Waals surface area contributed by atoms with Crippen LogP contribution >= 0.6 is 23.2 Å². The second kappa shape index (κ2) is 10.7. The Hall–Kier alpha value is -3.43. The van der Waals surface area contributed by atoms with Gasteiger partial charge in [0.2, 0.25) is 0 Å². The molecule has 1 unspecified atom stereocenters. The van der Waals surface area contributed by atoms with Gasteiger partial charge in [0.05, 0.1) is 21.8 Å². The first-order valence-electron chi connectivity index (χ1n) is 13.1. The summed E-state index contributed by atoms with van der Waals surface area (Å²) in [6.07, 6.45) is -5.57. The minimum Gasteiger partial charge on any atom is -0.382 e. The molecule has 1 fully saturated rings. The second-order valence-electron chi connectivity index (χ2n) is 10.6. The zero-order valence-corrected chi connectivity index (χ0v) is 23.5. The van der Waals surface area contributed by atoms with E-state index in [0.29, 0.717) is 24.2 Å². The highest BCUT2D eigenvalue weighted by molar-refractivity contribution is 6.35. The lowest BCUT2D eigenvalue weighted by Crippen LogP contribution is -2.60. The van der Waals surface area contributed by atoms with Gasteiger partial charge < -0.3 is 9.94 Å². The van der Waals surface area contributed by atoms with Gasteiger partial charge in [-0.2, -0.15) is 13.2 Å². The van der Waals surface area contributed by atoms with Crippen LogP contribution in [0.25, 0.3) is 0 Å². The van der Waals surface area contributed by atoms with Crippen LogP contribution in [0.15, 0.2) is 102 Å². The lowest BCUT2D eigenvalue weighted by Gasteiger charge is -2.50. The van der Waals surface area contributed by atoms with Gasteiger partial charge in [0.15, 0.2) is 5.82 Å². The molecule has 0 bridgehead atoms. The summed E-state index contributed by atoms with van der Waals surface area (Å²) in [4.78, 5) is 7.21. The zero-order chi connectivity index (χ0) is 29.7. The molecule has 42 heavy (non-hydrogen) atoms. The van der Waals surface area contributed by atoms with Crippen LogP contribution in [0.2, 0.25) is 10.0 Å². The van der Waals surface area contributed by atoms with Crippen LogP contribution < -0.4 is 0 Å². The second-order valence-corrected chi connectivity index (χ2v) is 11.4. The van der Waals surface area contributed by atoms with Crippen LogP contribution in [0.5, 0.6) is 0 Å². The van der Waals surface area contributed by atoms with E-state index in [-0.39, 0.29) is 11.8 Å². The van der Waals surface area contributed by atoms with Crippen LogP contribution in [0.3, 0.4) is 0 Å². The Bertz CT molecular complexity index is 1560. The number of halogens is 6. The van der Waals surface area contributed by atoms with Crippen LogP contribution in [0.4, 0.5) is 17.6 Å². The van der Waals surface area contributed by atoms with Gasteiger partial charge in [0, 0.05) is 25.1 Å². The monoisotopic (exact) mass is 614 g/mol. The SMILES string of the molecule is OC1(c2ccc(C3=NOC(c4cc(Cl)c(F)c(Cl)c4)(C(F)(F)F)C3)cc2)CN(C(c2ccccc2)c2ccccc2)C1. The Morgan fingerprint density at radius 1 is 0.810 bits per heavy atom. The summed E-state index contributed by atoms with van der Waals surface area (Å²) in [5.41, 5.74) is -1.15. The van der Waals surface area contributed by atoms with Gasteiger partial charge in [-0.05, 0) is 34.4 Å². The van der Waals surface area contributed by atoms with Crippen molar-refractivity contribution in [1.82, 2.24) is 4.90 Å². The molecule has 10 heteroatoms. The lowest BCUT2D eigenvalue weighted by molar-refractivity contribution is -0.275. The molecule has 0 aliphatic carbocycles. The number of hydrogen-bond acceptors (Lipinski definition) is 4. The van der Waals surface area contributed by atoms with Crippen molar-refractivity contribution >= 4 is 28.9 Å². The smallest absolute Gasteiger partial charge is 0.382 e. The summed E-state index contributed by atoms with van der Waals surface area (Å²) in [7, 11) is 0. The maximum atomic E-state index is 14.4. The lowest BCUT2D eigenvalue weighted by atomic mass is 9.81. The van der Waals surface area contributed by atoms with Gasteiger partial charge >= 0.3 is 6.18 Å². The first-order chi connectivity index (χ1) is 20.0. The van der Waals surface area contributed by atoms with Gasteiger partial charge in [-0.3, -0.25) is 4.90 Å². The van der Waals surface area contributed by atoms with Crippen molar-refractivity contribution in [2.45, 2.75) is 29.8 Å². The third kappa shape index (κ3) is 4.96. The Morgan fingerprint density at radius 3 is 1.83 bits per heavy atom. The van der Waals surface area contributed by atoms with Crippen LogP contribution in [0, 0.1) is 5.82 Å². The molecule has 0 aromatic heterocycles. The van der Waals surface area contributed by atoms with Crippen molar-refractivity contribution in [2.75, 3.05) is 13.1 Å². The third-order valence-electron chi connectivity index (χ3n) is 7.92. The Morgan fingerprint density at radius 2 is 1.33 bits per heavy atom. The predicted molar refractivity (Wildman–Crippen MR) is 153 cm³/mol. The Balaban J connectivity index is 1.21. The number of hydrogen-bond donors (Lipinski definition) is 1. The predicted octanol–water partition coefficient (Wildman–Crippen LogP) is 8.01. The minimum absolute atomic E-state index is 0.0408. The van der Waals surface area contributed by atoms with Crippen molar-refractivity contribution in [2.24, 2.45) is 5.16 Å². The quantitative estimate of drug-likeness (QED) is 0.177. The maximum absolute atomic E-state index is 14.4. The minimum atomic E-state index is -4.90. The van der Waals surface area contributed by atoms with Crippen molar-refractivity contribution in [3.8, 4) is 0 Å². The molecule has 0 amide bonds. The summed E-state index contributed by atoms with van der Waals surface area (Å²) in [5, 5.41) is 14.1. The third-order valence-corrected chi connectivity index (χ3v) is 8.47. The van der Waals surface area contributed by atoms with Gasteiger partial charge in [0.1, 0.15) is 5.60 Å².